The van der Waals surface area contributed by atoms with E-state index in [1.807, 2.05) is 12.1 Å². The predicted octanol–water partition coefficient (Wildman–Crippen LogP) is -0.0505. The first-order valence-corrected chi connectivity index (χ1v) is 9.46. The number of fused-ring (bicyclic) bond motifs is 1. The maximum atomic E-state index is 13.6. The number of quaternary nitrogens is 2. The zero-order valence-electron chi connectivity index (χ0n) is 14.8. The predicted molar refractivity (Wildman–Crippen MR) is 99.6 cm³/mol. The van der Waals surface area contributed by atoms with Gasteiger partial charge in [0.05, 0.1) is 11.3 Å². The smallest absolute Gasteiger partial charge is 0.303 e. The Balaban J connectivity index is 1.37. The molecule has 0 aliphatic carbocycles. The Morgan fingerprint density at radius 2 is 1.63 bits per heavy atom. The summed E-state index contributed by atoms with van der Waals surface area (Å²) in [6.45, 7) is 5.08. The molecule has 0 unspecified atom stereocenters. The molecule has 7 heteroatoms. The number of Topliss-reactive ketones (excluding diaryl/α,β-unsaturated/α-hetero) is 1. The lowest BCUT2D eigenvalue weighted by Gasteiger charge is -2.31. The van der Waals surface area contributed by atoms with E-state index in [2.05, 4.69) is 12.1 Å². The summed E-state index contributed by atoms with van der Waals surface area (Å²) < 4.78 is 13.6. The Morgan fingerprint density at radius 3 is 2.33 bits per heavy atom. The average Bonchev–Trinajstić information content (AvgIpc) is 2.89. The number of anilines is 1. The third-order valence-electron chi connectivity index (χ3n) is 5.35. The van der Waals surface area contributed by atoms with E-state index >= 15 is 0 Å². The topological polar surface area (TPSA) is 46.3 Å². The molecule has 2 N–H and O–H groups in total. The van der Waals surface area contributed by atoms with Gasteiger partial charge in [-0.3, -0.25) is 14.5 Å². The standard InChI is InChI=1S/C20H19ClFN3O2/c21-15-3-1-14(2-4-15)12-23-7-9-24(10-8-23)13-25-18-11-16(22)5-6-17(18)19(26)20(25)27/h1-6,11H,7-10,12-13H2/p+2. The van der Waals surface area contributed by atoms with Crippen molar-refractivity contribution >= 4 is 29.0 Å². The molecule has 1 amide bonds. The summed E-state index contributed by atoms with van der Waals surface area (Å²) in [4.78, 5) is 28.6. The Labute approximate surface area is 161 Å². The highest BCUT2D eigenvalue weighted by atomic mass is 35.5. The van der Waals surface area contributed by atoms with Crippen LogP contribution in [0.3, 0.4) is 0 Å². The summed E-state index contributed by atoms with van der Waals surface area (Å²) >= 11 is 5.93. The number of benzene rings is 2. The van der Waals surface area contributed by atoms with E-state index in [9.17, 15) is 14.0 Å². The molecule has 0 spiro atoms. The lowest BCUT2D eigenvalue weighted by Crippen LogP contribution is -3.28. The molecule has 2 aromatic rings. The highest BCUT2D eigenvalue weighted by Gasteiger charge is 2.39. The Hall–Kier alpha value is -2.28. The van der Waals surface area contributed by atoms with Gasteiger partial charge >= 0.3 is 5.91 Å². The molecule has 27 heavy (non-hydrogen) atoms. The van der Waals surface area contributed by atoms with Gasteiger partial charge in [-0.05, 0) is 30.3 Å². The number of piperazine rings is 1. The normalized spacial score (nSPS) is 22.2. The number of carbonyl (C=O) groups excluding carboxylic acids is 2. The van der Waals surface area contributed by atoms with Crippen molar-refractivity contribution in [1.82, 2.24) is 0 Å². The van der Waals surface area contributed by atoms with Crippen molar-refractivity contribution < 1.29 is 23.8 Å². The molecule has 0 radical (unpaired) electrons. The van der Waals surface area contributed by atoms with E-state index < -0.39 is 17.5 Å². The summed E-state index contributed by atoms with van der Waals surface area (Å²) in [5.74, 6) is -1.54. The number of rotatable bonds is 4. The van der Waals surface area contributed by atoms with Crippen LogP contribution in [-0.4, -0.2) is 44.5 Å². The molecule has 1 saturated heterocycles. The van der Waals surface area contributed by atoms with Crippen LogP contribution in [0.5, 0.6) is 0 Å². The van der Waals surface area contributed by atoms with E-state index in [4.69, 9.17) is 11.6 Å². The molecule has 2 aliphatic rings. The van der Waals surface area contributed by atoms with Gasteiger partial charge in [-0.15, -0.1) is 0 Å². The number of amides is 1. The highest BCUT2D eigenvalue weighted by molar-refractivity contribution is 6.52. The number of halogens is 2. The van der Waals surface area contributed by atoms with Crippen molar-refractivity contribution in [2.45, 2.75) is 6.54 Å². The van der Waals surface area contributed by atoms with E-state index in [1.54, 1.807) is 0 Å². The minimum atomic E-state index is -0.556. The second kappa shape index (κ2) is 7.38. The fourth-order valence-electron chi connectivity index (χ4n) is 3.83. The van der Waals surface area contributed by atoms with Crippen LogP contribution in [0.1, 0.15) is 15.9 Å². The van der Waals surface area contributed by atoms with E-state index in [1.165, 1.54) is 38.5 Å². The van der Waals surface area contributed by atoms with Crippen molar-refractivity contribution in [3.05, 3.63) is 64.4 Å². The first-order valence-electron chi connectivity index (χ1n) is 9.08. The summed E-state index contributed by atoms with van der Waals surface area (Å²) in [7, 11) is 0. The second-order valence-electron chi connectivity index (χ2n) is 7.19. The van der Waals surface area contributed by atoms with Crippen molar-refractivity contribution in [2.24, 2.45) is 0 Å². The first-order chi connectivity index (χ1) is 13.0. The number of nitrogens with one attached hydrogen (secondary N) is 2. The molecule has 0 aromatic heterocycles. The fraction of sp³-hybridized carbons (Fsp3) is 0.300. The molecular weight excluding hydrogens is 369 g/mol. The minimum absolute atomic E-state index is 0.299. The van der Waals surface area contributed by atoms with Crippen LogP contribution < -0.4 is 14.7 Å². The molecule has 4 rings (SSSR count). The lowest BCUT2D eigenvalue weighted by molar-refractivity contribution is -1.02. The maximum absolute atomic E-state index is 13.6. The minimum Gasteiger partial charge on any atom is -0.322 e. The summed E-state index contributed by atoms with van der Waals surface area (Å²) in [6.07, 6.45) is 0. The second-order valence-corrected chi connectivity index (χ2v) is 7.62. The molecule has 5 nitrogen and oxygen atoms in total. The zero-order valence-corrected chi connectivity index (χ0v) is 15.6. The molecule has 2 aliphatic heterocycles. The molecule has 140 valence electrons. The van der Waals surface area contributed by atoms with Gasteiger partial charge in [0.15, 0.2) is 6.67 Å². The third-order valence-corrected chi connectivity index (χ3v) is 5.60. The molecule has 0 atom stereocenters. The molecule has 2 heterocycles. The Morgan fingerprint density at radius 1 is 0.963 bits per heavy atom. The van der Waals surface area contributed by atoms with Gasteiger partial charge in [-0.2, -0.15) is 0 Å². The Bertz CT molecular complexity index is 879. The molecule has 2 aromatic carbocycles. The van der Waals surface area contributed by atoms with Gasteiger partial charge in [-0.25, -0.2) is 4.39 Å². The van der Waals surface area contributed by atoms with Gasteiger partial charge < -0.3 is 9.80 Å². The van der Waals surface area contributed by atoms with Crippen LogP contribution in [-0.2, 0) is 11.3 Å². The van der Waals surface area contributed by atoms with Crippen LogP contribution in [0.15, 0.2) is 42.5 Å². The van der Waals surface area contributed by atoms with Gasteiger partial charge in [-0.1, -0.05) is 23.7 Å². The van der Waals surface area contributed by atoms with Gasteiger partial charge in [0, 0.05) is 10.6 Å². The van der Waals surface area contributed by atoms with Crippen molar-refractivity contribution in [1.29, 1.82) is 0 Å². The Kier molecular flexibility index (Phi) is 4.95. The summed E-state index contributed by atoms with van der Waals surface area (Å²) in [5, 5.41) is 0.740. The summed E-state index contributed by atoms with van der Waals surface area (Å²) in [5.41, 5.74) is 1.95. The van der Waals surface area contributed by atoms with E-state index in [0.29, 0.717) is 17.9 Å². The SMILES string of the molecule is O=C1C(=O)N(C[NH+]2CC[NH+](Cc3ccc(Cl)cc3)CC2)c2cc(F)ccc21. The van der Waals surface area contributed by atoms with E-state index in [0.717, 1.165) is 37.7 Å². The summed E-state index contributed by atoms with van der Waals surface area (Å²) in [6, 6.07) is 11.8. The lowest BCUT2D eigenvalue weighted by atomic mass is 10.1. The molecule has 1 fully saturated rings. The number of carbonyl (C=O) groups is 2. The zero-order chi connectivity index (χ0) is 19.0. The van der Waals surface area contributed by atoms with Gasteiger partial charge in [0.1, 0.15) is 38.5 Å². The van der Waals surface area contributed by atoms with Crippen LogP contribution >= 0.6 is 11.6 Å². The molecular formula is C20H21ClFN3O2+2. The van der Waals surface area contributed by atoms with Crippen LogP contribution in [0, 0.1) is 5.82 Å². The van der Waals surface area contributed by atoms with E-state index in [-0.39, 0.29) is 0 Å². The highest BCUT2D eigenvalue weighted by Crippen LogP contribution is 2.28. The quantitative estimate of drug-likeness (QED) is 0.720. The van der Waals surface area contributed by atoms with Crippen molar-refractivity contribution in [3.8, 4) is 0 Å². The average molecular weight is 390 g/mol. The number of hydrogen-bond donors (Lipinski definition) is 2. The van der Waals surface area contributed by atoms with Crippen LogP contribution in [0.2, 0.25) is 5.02 Å². The number of ketones is 1. The van der Waals surface area contributed by atoms with Gasteiger partial charge in [0.2, 0.25) is 0 Å². The number of nitrogens with zero attached hydrogens (tertiary/aromatic N) is 1. The molecule has 0 bridgehead atoms. The van der Waals surface area contributed by atoms with Crippen molar-refractivity contribution in [3.63, 3.8) is 0 Å². The van der Waals surface area contributed by atoms with Crippen LogP contribution in [0.4, 0.5) is 10.1 Å². The monoisotopic (exact) mass is 389 g/mol. The fourth-order valence-corrected chi connectivity index (χ4v) is 3.96. The molecule has 0 saturated carbocycles. The van der Waals surface area contributed by atoms with Crippen molar-refractivity contribution in [2.75, 3.05) is 37.7 Å². The maximum Gasteiger partial charge on any atom is 0.303 e. The third kappa shape index (κ3) is 3.74. The largest absolute Gasteiger partial charge is 0.322 e. The number of hydrogen-bond acceptors (Lipinski definition) is 2. The van der Waals surface area contributed by atoms with Gasteiger partial charge in [0.25, 0.3) is 5.78 Å². The van der Waals surface area contributed by atoms with Crippen LogP contribution in [0.25, 0.3) is 0 Å². The first kappa shape index (κ1) is 18.1.